The third-order valence-corrected chi connectivity index (χ3v) is 7.16. The number of rotatable bonds is 6. The summed E-state index contributed by atoms with van der Waals surface area (Å²) >= 11 is 0. The highest BCUT2D eigenvalue weighted by Crippen LogP contribution is 2.28. The molecule has 0 radical (unpaired) electrons. The fourth-order valence-electron chi connectivity index (χ4n) is 4.91. The van der Waals surface area contributed by atoms with E-state index in [9.17, 15) is 13.2 Å². The number of piperidine rings is 1. The van der Waals surface area contributed by atoms with Gasteiger partial charge < -0.3 is 9.64 Å². The lowest BCUT2D eigenvalue weighted by atomic mass is 9.90. The molecule has 0 spiro atoms. The first kappa shape index (κ1) is 22.8. The molecule has 1 amide bonds. The van der Waals surface area contributed by atoms with Gasteiger partial charge in [-0.25, -0.2) is 17.9 Å². The SMILES string of the molecule is CS(=O)(=O)NC1CCCN(C(=O)OC2CCCC2)C1Cc1cccc(-c2ccccc2)c1. The highest BCUT2D eigenvalue weighted by atomic mass is 32.2. The smallest absolute Gasteiger partial charge is 0.410 e. The Bertz CT molecular complexity index is 1020. The third-order valence-electron chi connectivity index (χ3n) is 6.43. The molecular formula is C25H32N2O4S. The molecule has 7 heteroatoms. The number of nitrogens with one attached hydrogen (secondary N) is 1. The van der Waals surface area contributed by atoms with Crippen LogP contribution in [0.4, 0.5) is 4.79 Å². The molecule has 0 aromatic heterocycles. The van der Waals surface area contributed by atoms with Gasteiger partial charge in [-0.05, 0) is 61.6 Å². The number of sulfonamides is 1. The quantitative estimate of drug-likeness (QED) is 0.701. The summed E-state index contributed by atoms with van der Waals surface area (Å²) in [6.45, 7) is 0.580. The summed E-state index contributed by atoms with van der Waals surface area (Å²) in [4.78, 5) is 14.8. The first-order valence-electron chi connectivity index (χ1n) is 11.5. The van der Waals surface area contributed by atoms with Gasteiger partial charge in [0, 0.05) is 12.6 Å². The zero-order chi connectivity index (χ0) is 22.6. The lowest BCUT2D eigenvalue weighted by molar-refractivity contribution is 0.0378. The molecule has 4 rings (SSSR count). The van der Waals surface area contributed by atoms with Crippen molar-refractivity contribution in [3.8, 4) is 11.1 Å². The average molecular weight is 457 g/mol. The van der Waals surface area contributed by atoms with Crippen molar-refractivity contribution < 1.29 is 17.9 Å². The average Bonchev–Trinajstić information content (AvgIpc) is 3.28. The summed E-state index contributed by atoms with van der Waals surface area (Å²) < 4.78 is 32.7. The molecule has 2 aromatic carbocycles. The predicted octanol–water partition coefficient (Wildman–Crippen LogP) is 4.36. The highest BCUT2D eigenvalue weighted by molar-refractivity contribution is 7.88. The second-order valence-corrected chi connectivity index (χ2v) is 10.7. The molecule has 1 saturated heterocycles. The Hall–Kier alpha value is -2.38. The van der Waals surface area contributed by atoms with E-state index in [-0.39, 0.29) is 24.3 Å². The van der Waals surface area contributed by atoms with Gasteiger partial charge in [-0.15, -0.1) is 0 Å². The largest absolute Gasteiger partial charge is 0.446 e. The van der Waals surface area contributed by atoms with E-state index >= 15 is 0 Å². The molecular weight excluding hydrogens is 424 g/mol. The Labute approximate surface area is 191 Å². The first-order chi connectivity index (χ1) is 15.4. The normalized spacial score (nSPS) is 22.1. The van der Waals surface area contributed by atoms with E-state index in [0.29, 0.717) is 19.4 Å². The summed E-state index contributed by atoms with van der Waals surface area (Å²) in [6, 6.07) is 17.8. The highest BCUT2D eigenvalue weighted by Gasteiger charge is 2.37. The van der Waals surface area contributed by atoms with E-state index in [2.05, 4.69) is 29.0 Å². The van der Waals surface area contributed by atoms with Crippen LogP contribution in [0.3, 0.4) is 0 Å². The maximum absolute atomic E-state index is 13.1. The Morgan fingerprint density at radius 2 is 1.72 bits per heavy atom. The molecule has 2 fully saturated rings. The molecule has 1 heterocycles. The van der Waals surface area contributed by atoms with Gasteiger partial charge in [0.05, 0.1) is 12.3 Å². The Balaban J connectivity index is 1.58. The fraction of sp³-hybridized carbons (Fsp3) is 0.480. The Morgan fingerprint density at radius 3 is 2.44 bits per heavy atom. The van der Waals surface area contributed by atoms with Crippen molar-refractivity contribution in [1.29, 1.82) is 0 Å². The van der Waals surface area contributed by atoms with Crippen molar-refractivity contribution in [2.45, 2.75) is 63.1 Å². The molecule has 1 aliphatic carbocycles. The number of ether oxygens (including phenoxy) is 1. The third kappa shape index (κ3) is 5.90. The van der Waals surface area contributed by atoms with Gasteiger partial charge in [-0.3, -0.25) is 0 Å². The van der Waals surface area contributed by atoms with E-state index in [0.717, 1.165) is 48.8 Å². The number of carbonyl (C=O) groups is 1. The van der Waals surface area contributed by atoms with Gasteiger partial charge in [0.1, 0.15) is 6.10 Å². The first-order valence-corrected chi connectivity index (χ1v) is 13.4. The van der Waals surface area contributed by atoms with Crippen molar-refractivity contribution in [1.82, 2.24) is 9.62 Å². The number of likely N-dealkylation sites (tertiary alicyclic amines) is 1. The molecule has 2 aliphatic rings. The second-order valence-electron chi connectivity index (χ2n) is 8.96. The van der Waals surface area contributed by atoms with E-state index < -0.39 is 10.0 Å². The summed E-state index contributed by atoms with van der Waals surface area (Å²) in [5.74, 6) is 0. The number of hydrogen-bond donors (Lipinski definition) is 1. The van der Waals surface area contributed by atoms with E-state index in [1.807, 2.05) is 30.3 Å². The van der Waals surface area contributed by atoms with E-state index in [4.69, 9.17) is 4.74 Å². The van der Waals surface area contributed by atoms with Crippen LogP contribution in [0, 0.1) is 0 Å². The van der Waals surface area contributed by atoms with Crippen LogP contribution in [-0.4, -0.2) is 50.4 Å². The number of carbonyl (C=O) groups excluding carboxylic acids is 1. The lowest BCUT2D eigenvalue weighted by Gasteiger charge is -2.41. The van der Waals surface area contributed by atoms with Gasteiger partial charge in [0.2, 0.25) is 10.0 Å². The van der Waals surface area contributed by atoms with Crippen LogP contribution in [0.5, 0.6) is 0 Å². The summed E-state index contributed by atoms with van der Waals surface area (Å²) in [6.07, 6.45) is 6.84. The van der Waals surface area contributed by atoms with Crippen LogP contribution >= 0.6 is 0 Å². The molecule has 6 nitrogen and oxygen atoms in total. The van der Waals surface area contributed by atoms with Crippen molar-refractivity contribution in [2.75, 3.05) is 12.8 Å². The maximum atomic E-state index is 13.1. The van der Waals surface area contributed by atoms with Crippen molar-refractivity contribution >= 4 is 16.1 Å². The van der Waals surface area contributed by atoms with E-state index in [1.165, 1.54) is 6.26 Å². The molecule has 1 N–H and O–H groups in total. The van der Waals surface area contributed by atoms with Crippen molar-refractivity contribution in [3.05, 3.63) is 60.2 Å². The zero-order valence-corrected chi connectivity index (χ0v) is 19.4. The molecule has 2 atom stereocenters. The topological polar surface area (TPSA) is 75.7 Å². The van der Waals surface area contributed by atoms with Crippen LogP contribution in [-0.2, 0) is 21.2 Å². The summed E-state index contributed by atoms with van der Waals surface area (Å²) in [5, 5.41) is 0. The van der Waals surface area contributed by atoms with Gasteiger partial charge in [0.25, 0.3) is 0 Å². The van der Waals surface area contributed by atoms with Crippen molar-refractivity contribution in [3.63, 3.8) is 0 Å². The van der Waals surface area contributed by atoms with Crippen LogP contribution in [0.2, 0.25) is 0 Å². The van der Waals surface area contributed by atoms with Crippen LogP contribution in [0.1, 0.15) is 44.1 Å². The molecule has 2 aromatic rings. The minimum Gasteiger partial charge on any atom is -0.446 e. The minimum atomic E-state index is -3.40. The van der Waals surface area contributed by atoms with Gasteiger partial charge in [-0.1, -0.05) is 54.6 Å². The zero-order valence-electron chi connectivity index (χ0n) is 18.6. The number of hydrogen-bond acceptors (Lipinski definition) is 4. The predicted molar refractivity (Wildman–Crippen MR) is 126 cm³/mol. The molecule has 1 aliphatic heterocycles. The molecule has 172 valence electrons. The summed E-state index contributed by atoms with van der Waals surface area (Å²) in [7, 11) is -3.40. The minimum absolute atomic E-state index is 0.0206. The number of nitrogens with zero attached hydrogens (tertiary/aromatic N) is 1. The maximum Gasteiger partial charge on any atom is 0.410 e. The molecule has 32 heavy (non-hydrogen) atoms. The van der Waals surface area contributed by atoms with Crippen LogP contribution < -0.4 is 4.72 Å². The Morgan fingerprint density at radius 1 is 1.00 bits per heavy atom. The van der Waals surface area contributed by atoms with E-state index in [1.54, 1.807) is 4.90 Å². The van der Waals surface area contributed by atoms with Crippen molar-refractivity contribution in [2.24, 2.45) is 0 Å². The van der Waals surface area contributed by atoms with Gasteiger partial charge >= 0.3 is 6.09 Å². The second kappa shape index (κ2) is 10.0. The van der Waals surface area contributed by atoms with Crippen LogP contribution in [0.15, 0.2) is 54.6 Å². The summed E-state index contributed by atoms with van der Waals surface area (Å²) in [5.41, 5.74) is 3.30. The monoisotopic (exact) mass is 456 g/mol. The number of benzene rings is 2. The molecule has 0 bridgehead atoms. The number of amides is 1. The molecule has 2 unspecified atom stereocenters. The molecule has 1 saturated carbocycles. The Kier molecular flexibility index (Phi) is 7.16. The standard InChI is InChI=1S/C25H32N2O4S/c1-32(29,30)26-23-15-8-16-27(25(28)31-22-13-5-6-14-22)24(23)18-19-9-7-12-21(17-19)20-10-3-2-4-11-20/h2-4,7,9-12,17,22-24,26H,5-6,8,13-16,18H2,1H3. The van der Waals surface area contributed by atoms with Crippen LogP contribution in [0.25, 0.3) is 11.1 Å². The van der Waals surface area contributed by atoms with Gasteiger partial charge in [-0.2, -0.15) is 0 Å². The van der Waals surface area contributed by atoms with Gasteiger partial charge in [0.15, 0.2) is 0 Å². The lowest BCUT2D eigenvalue weighted by Crippen LogP contribution is -2.58. The fourth-order valence-corrected chi connectivity index (χ4v) is 5.74.